The fourth-order valence-corrected chi connectivity index (χ4v) is 5.86. The van der Waals surface area contributed by atoms with Crippen molar-refractivity contribution < 1.29 is 19.4 Å². The number of rotatable bonds is 8. The van der Waals surface area contributed by atoms with E-state index in [9.17, 15) is 14.7 Å². The lowest BCUT2D eigenvalue weighted by Crippen LogP contribution is -2.31. The van der Waals surface area contributed by atoms with Crippen molar-refractivity contribution in [2.75, 3.05) is 4.90 Å². The summed E-state index contributed by atoms with van der Waals surface area (Å²) in [5.74, 6) is -1.05. The van der Waals surface area contributed by atoms with Crippen LogP contribution >= 0.6 is 11.3 Å². The second-order valence-corrected chi connectivity index (χ2v) is 10.5. The Morgan fingerprint density at radius 3 is 2.34 bits per heavy atom. The lowest BCUT2D eigenvalue weighted by Gasteiger charge is -2.26. The Bertz CT molecular complexity index is 1730. The Balaban J connectivity index is 1.34. The molecular formula is C33H25N3O4S. The van der Waals surface area contributed by atoms with Crippen molar-refractivity contribution in [1.29, 1.82) is 0 Å². The van der Waals surface area contributed by atoms with Gasteiger partial charge in [0.25, 0.3) is 5.91 Å². The van der Waals surface area contributed by atoms with Crippen LogP contribution in [-0.2, 0) is 11.4 Å². The highest BCUT2D eigenvalue weighted by Gasteiger charge is 2.45. The van der Waals surface area contributed by atoms with Crippen LogP contribution in [0.15, 0.2) is 121 Å². The third kappa shape index (κ3) is 5.13. The van der Waals surface area contributed by atoms with Crippen LogP contribution in [0.5, 0.6) is 5.75 Å². The molecule has 0 saturated carbocycles. The van der Waals surface area contributed by atoms with Crippen LogP contribution < -0.4 is 9.64 Å². The first-order valence-corrected chi connectivity index (χ1v) is 13.8. The molecule has 0 spiro atoms. The van der Waals surface area contributed by atoms with Gasteiger partial charge in [-0.15, -0.1) is 11.3 Å². The Labute approximate surface area is 241 Å². The minimum atomic E-state index is -0.874. The van der Waals surface area contributed by atoms with Gasteiger partial charge >= 0.3 is 0 Å². The smallest absolute Gasteiger partial charge is 0.294 e. The minimum absolute atomic E-state index is 0.00114. The number of nitrogens with zero attached hydrogens (tertiary/aromatic N) is 3. The number of thiazole rings is 1. The van der Waals surface area contributed by atoms with Crippen LogP contribution in [0.1, 0.15) is 32.5 Å². The number of Topliss-reactive ketones (excluding diaryl/α,β-unsaturated/α-hetero) is 1. The predicted octanol–water partition coefficient (Wildman–Crippen LogP) is 6.88. The topological polar surface area (TPSA) is 92.6 Å². The molecule has 0 saturated heterocycles. The van der Waals surface area contributed by atoms with Crippen molar-refractivity contribution in [3.05, 3.63) is 142 Å². The number of aryl methyl sites for hydroxylation is 1. The lowest BCUT2D eigenvalue weighted by molar-refractivity contribution is -0.117. The molecule has 3 aromatic carbocycles. The molecule has 41 heavy (non-hydrogen) atoms. The molecule has 0 aliphatic carbocycles. The van der Waals surface area contributed by atoms with Gasteiger partial charge in [-0.2, -0.15) is 0 Å². The Morgan fingerprint density at radius 2 is 1.66 bits per heavy atom. The third-order valence-corrected chi connectivity index (χ3v) is 8.04. The maximum absolute atomic E-state index is 14.0. The first kappa shape index (κ1) is 26.2. The van der Waals surface area contributed by atoms with Crippen molar-refractivity contribution >= 4 is 28.7 Å². The Kier molecular flexibility index (Phi) is 7.14. The van der Waals surface area contributed by atoms with E-state index in [1.807, 2.05) is 60.7 Å². The highest BCUT2D eigenvalue weighted by molar-refractivity contribution is 7.17. The zero-order valence-corrected chi connectivity index (χ0v) is 22.9. The Hall–Kier alpha value is -5.08. The quantitative estimate of drug-likeness (QED) is 0.209. The van der Waals surface area contributed by atoms with E-state index in [1.54, 1.807) is 55.7 Å². The van der Waals surface area contributed by atoms with Crippen molar-refractivity contribution in [2.45, 2.75) is 19.6 Å². The zero-order chi connectivity index (χ0) is 28.3. The molecule has 2 aromatic heterocycles. The molecule has 0 fully saturated rings. The van der Waals surface area contributed by atoms with Crippen molar-refractivity contribution in [3.63, 3.8) is 0 Å². The highest BCUT2D eigenvalue weighted by atomic mass is 32.1. The van der Waals surface area contributed by atoms with Gasteiger partial charge in [-0.25, -0.2) is 4.98 Å². The molecule has 0 radical (unpaired) electrons. The molecule has 1 aliphatic heterocycles. The summed E-state index contributed by atoms with van der Waals surface area (Å²) in [5, 5.41) is 11.8. The number of hydrogen-bond donors (Lipinski definition) is 1. The van der Waals surface area contributed by atoms with Crippen LogP contribution in [0.3, 0.4) is 0 Å². The summed E-state index contributed by atoms with van der Waals surface area (Å²) in [5.41, 5.74) is 3.57. The van der Waals surface area contributed by atoms with E-state index in [4.69, 9.17) is 4.74 Å². The molecule has 5 aromatic rings. The maximum atomic E-state index is 14.0. The van der Waals surface area contributed by atoms with Gasteiger partial charge in [0.1, 0.15) is 17.4 Å². The standard InChI is InChI=1S/C33H25N3O4S/c1-21-31(41-32(35-21)23-11-6-3-7-12-23)29(37)27-28(24-13-8-18-34-19-24)36(33(39)30(27)38)25-14-16-26(17-15-25)40-20-22-9-4-2-5-10-22/h2-19,28,38H,20H2,1H3. The van der Waals surface area contributed by atoms with Gasteiger partial charge in [-0.05, 0) is 48.4 Å². The lowest BCUT2D eigenvalue weighted by atomic mass is 9.96. The van der Waals surface area contributed by atoms with Crippen molar-refractivity contribution in [1.82, 2.24) is 9.97 Å². The average Bonchev–Trinajstić information content (AvgIpc) is 3.54. The number of aliphatic hydroxyl groups is 1. The molecule has 3 heterocycles. The van der Waals surface area contributed by atoms with Gasteiger partial charge in [0.2, 0.25) is 5.78 Å². The largest absolute Gasteiger partial charge is 0.503 e. The predicted molar refractivity (Wildman–Crippen MR) is 158 cm³/mol. The van der Waals surface area contributed by atoms with E-state index >= 15 is 0 Å². The summed E-state index contributed by atoms with van der Waals surface area (Å²) < 4.78 is 5.91. The number of ketones is 1. The number of pyridine rings is 1. The first-order valence-electron chi connectivity index (χ1n) is 13.0. The zero-order valence-electron chi connectivity index (χ0n) is 22.1. The molecule has 1 N–H and O–H groups in total. The molecule has 1 aliphatic rings. The van der Waals surface area contributed by atoms with E-state index in [0.717, 1.165) is 11.1 Å². The van der Waals surface area contributed by atoms with E-state index in [2.05, 4.69) is 9.97 Å². The van der Waals surface area contributed by atoms with Crippen molar-refractivity contribution in [3.8, 4) is 16.3 Å². The normalized spacial score (nSPS) is 14.9. The molecule has 1 unspecified atom stereocenters. The van der Waals surface area contributed by atoms with Crippen molar-refractivity contribution in [2.24, 2.45) is 0 Å². The fourth-order valence-electron chi connectivity index (χ4n) is 4.83. The molecule has 8 heteroatoms. The number of aromatic nitrogens is 2. The minimum Gasteiger partial charge on any atom is -0.503 e. The molecule has 7 nitrogen and oxygen atoms in total. The van der Waals surface area contributed by atoms with E-state index < -0.39 is 23.5 Å². The van der Waals surface area contributed by atoms with Crippen LogP contribution in [0.2, 0.25) is 0 Å². The van der Waals surface area contributed by atoms with E-state index in [1.165, 1.54) is 16.2 Å². The number of benzene rings is 3. The summed E-state index contributed by atoms with van der Waals surface area (Å²) >= 11 is 1.24. The number of aliphatic hydroxyl groups excluding tert-OH is 1. The summed E-state index contributed by atoms with van der Waals surface area (Å²) in [4.78, 5) is 38.2. The SMILES string of the molecule is Cc1nc(-c2ccccc2)sc1C(=O)C1=C(O)C(=O)N(c2ccc(OCc3ccccc3)cc2)C1c1cccnc1. The van der Waals surface area contributed by atoms with Crippen LogP contribution in [0.25, 0.3) is 10.6 Å². The van der Waals surface area contributed by atoms with Gasteiger partial charge in [-0.1, -0.05) is 66.7 Å². The number of amides is 1. The monoisotopic (exact) mass is 559 g/mol. The van der Waals surface area contributed by atoms with Gasteiger partial charge in [0.15, 0.2) is 5.76 Å². The van der Waals surface area contributed by atoms with Gasteiger partial charge in [-0.3, -0.25) is 19.5 Å². The number of hydrogen-bond acceptors (Lipinski definition) is 7. The molecular weight excluding hydrogens is 534 g/mol. The second-order valence-electron chi connectivity index (χ2n) is 9.52. The number of carbonyl (C=O) groups is 2. The number of carbonyl (C=O) groups excluding carboxylic acids is 2. The van der Waals surface area contributed by atoms with Gasteiger partial charge in [0, 0.05) is 23.6 Å². The molecule has 1 atom stereocenters. The average molecular weight is 560 g/mol. The van der Waals surface area contributed by atoms with Crippen LogP contribution in [0.4, 0.5) is 5.69 Å². The number of anilines is 1. The Morgan fingerprint density at radius 1 is 0.951 bits per heavy atom. The summed E-state index contributed by atoms with van der Waals surface area (Å²) in [7, 11) is 0. The number of ether oxygens (including phenoxy) is 1. The van der Waals surface area contributed by atoms with Gasteiger partial charge < -0.3 is 9.84 Å². The van der Waals surface area contributed by atoms with Crippen LogP contribution in [0, 0.1) is 6.92 Å². The maximum Gasteiger partial charge on any atom is 0.294 e. The van der Waals surface area contributed by atoms with Gasteiger partial charge in [0.05, 0.1) is 22.2 Å². The van der Waals surface area contributed by atoms with Crippen LogP contribution in [-0.4, -0.2) is 26.8 Å². The highest BCUT2D eigenvalue weighted by Crippen LogP contribution is 2.43. The third-order valence-electron chi connectivity index (χ3n) is 6.84. The molecule has 202 valence electrons. The summed E-state index contributed by atoms with van der Waals surface area (Å²) in [6.07, 6.45) is 3.22. The molecule has 0 bridgehead atoms. The fraction of sp³-hybridized carbons (Fsp3) is 0.0909. The first-order chi connectivity index (χ1) is 20.0. The molecule has 6 rings (SSSR count). The van der Waals surface area contributed by atoms with E-state index in [0.29, 0.717) is 39.2 Å². The second kappa shape index (κ2) is 11.2. The molecule has 1 amide bonds. The van der Waals surface area contributed by atoms with E-state index in [-0.39, 0.29) is 5.57 Å². The summed E-state index contributed by atoms with van der Waals surface area (Å²) in [6.45, 7) is 2.16. The summed E-state index contributed by atoms with van der Waals surface area (Å²) in [6, 6.07) is 29.1.